The van der Waals surface area contributed by atoms with Crippen molar-refractivity contribution in [2.75, 3.05) is 22.2 Å². The Bertz CT molecular complexity index is 1130. The lowest BCUT2D eigenvalue weighted by Gasteiger charge is -2.28. The summed E-state index contributed by atoms with van der Waals surface area (Å²) in [6.45, 7) is 0. The number of tetrazole rings is 1. The zero-order valence-electron chi connectivity index (χ0n) is 15.8. The first-order valence-electron chi connectivity index (χ1n) is 9.21. The highest BCUT2D eigenvalue weighted by Gasteiger charge is 2.35. The number of phenols is 1. The maximum atomic E-state index is 13.1. The monoisotopic (exact) mass is 445 g/mol. The number of nitrogens with zero attached hydrogens (tertiary/aromatic N) is 5. The van der Waals surface area contributed by atoms with Crippen molar-refractivity contribution in [2.24, 2.45) is 0 Å². The molecule has 0 radical (unpaired) electrons. The zero-order chi connectivity index (χ0) is 21.1. The van der Waals surface area contributed by atoms with Gasteiger partial charge in [0.15, 0.2) is 9.84 Å². The van der Waals surface area contributed by atoms with Gasteiger partial charge in [0, 0.05) is 5.69 Å². The second-order valence-corrected chi connectivity index (χ2v) is 10.0. The van der Waals surface area contributed by atoms with E-state index in [1.165, 1.54) is 28.6 Å². The Morgan fingerprint density at radius 1 is 1.17 bits per heavy atom. The van der Waals surface area contributed by atoms with Crippen molar-refractivity contribution < 1.29 is 18.3 Å². The van der Waals surface area contributed by atoms with Gasteiger partial charge in [0.05, 0.1) is 29.0 Å². The fourth-order valence-corrected chi connectivity index (χ4v) is 5.80. The van der Waals surface area contributed by atoms with Gasteiger partial charge in [-0.1, -0.05) is 30.0 Å². The summed E-state index contributed by atoms with van der Waals surface area (Å²) in [6.07, 6.45) is 0.416. The number of hydrogen-bond donors (Lipinski definition) is 1. The smallest absolute Gasteiger partial charge is 0.237 e. The van der Waals surface area contributed by atoms with E-state index in [4.69, 9.17) is 0 Å². The molecule has 3 aromatic rings. The second kappa shape index (κ2) is 8.44. The molecule has 156 valence electrons. The molecule has 0 bridgehead atoms. The molecule has 11 heteroatoms. The molecule has 2 aromatic carbocycles. The highest BCUT2D eigenvalue weighted by Crippen LogP contribution is 2.27. The van der Waals surface area contributed by atoms with Crippen LogP contribution < -0.4 is 4.90 Å². The van der Waals surface area contributed by atoms with Gasteiger partial charge >= 0.3 is 0 Å². The summed E-state index contributed by atoms with van der Waals surface area (Å²) in [4.78, 5) is 14.7. The van der Waals surface area contributed by atoms with Crippen LogP contribution in [0.4, 0.5) is 5.69 Å². The third-order valence-electron chi connectivity index (χ3n) is 4.74. The highest BCUT2D eigenvalue weighted by molar-refractivity contribution is 7.99. The first-order chi connectivity index (χ1) is 14.4. The molecule has 1 N–H and O–H groups in total. The molecule has 4 rings (SSSR count). The molecule has 30 heavy (non-hydrogen) atoms. The molecule has 1 aliphatic rings. The summed E-state index contributed by atoms with van der Waals surface area (Å²) in [5.74, 6) is 0.00307. The predicted molar refractivity (Wildman–Crippen MR) is 113 cm³/mol. The molecule has 0 saturated carbocycles. The molecule has 1 saturated heterocycles. The summed E-state index contributed by atoms with van der Waals surface area (Å²) in [6, 6.07) is 15.1. The molecule has 1 amide bonds. The Kier molecular flexibility index (Phi) is 5.73. The molecule has 1 aliphatic heterocycles. The number of anilines is 1. The number of hydrogen-bond acceptors (Lipinski definition) is 8. The molecule has 1 aromatic heterocycles. The summed E-state index contributed by atoms with van der Waals surface area (Å²) >= 11 is 1.17. The molecule has 0 unspecified atom stereocenters. The number of aromatic nitrogens is 4. The van der Waals surface area contributed by atoms with Crippen molar-refractivity contribution in [2.45, 2.75) is 17.6 Å². The third kappa shape index (κ3) is 4.46. The summed E-state index contributed by atoms with van der Waals surface area (Å²) in [7, 11) is -3.14. The molecule has 1 fully saturated rings. The second-order valence-electron chi connectivity index (χ2n) is 6.83. The number of para-hydroxylation sites is 1. The summed E-state index contributed by atoms with van der Waals surface area (Å²) in [5.41, 5.74) is 1.32. The van der Waals surface area contributed by atoms with E-state index in [1.807, 2.05) is 18.2 Å². The van der Waals surface area contributed by atoms with Gasteiger partial charge in [-0.15, -0.1) is 5.10 Å². The van der Waals surface area contributed by atoms with Crippen molar-refractivity contribution in [3.63, 3.8) is 0 Å². The first kappa shape index (κ1) is 20.4. The van der Waals surface area contributed by atoms with Crippen LogP contribution in [-0.2, 0) is 14.6 Å². The van der Waals surface area contributed by atoms with Crippen LogP contribution in [0.15, 0.2) is 59.8 Å². The first-order valence-corrected chi connectivity index (χ1v) is 12.0. The largest absolute Gasteiger partial charge is 0.508 e. The molecular formula is C19H19N5O4S2. The molecule has 9 nitrogen and oxygen atoms in total. The van der Waals surface area contributed by atoms with E-state index >= 15 is 0 Å². The van der Waals surface area contributed by atoms with Gasteiger partial charge in [0.2, 0.25) is 11.1 Å². The van der Waals surface area contributed by atoms with Crippen LogP contribution in [0.25, 0.3) is 5.69 Å². The minimum Gasteiger partial charge on any atom is -0.508 e. The normalized spacial score (nSPS) is 17.7. The topological polar surface area (TPSA) is 118 Å². The number of carbonyl (C=O) groups excluding carboxylic acids is 1. The van der Waals surface area contributed by atoms with E-state index < -0.39 is 15.9 Å². The lowest BCUT2D eigenvalue weighted by Crippen LogP contribution is -2.42. The van der Waals surface area contributed by atoms with Gasteiger partial charge in [0.25, 0.3) is 0 Å². The van der Waals surface area contributed by atoms with Gasteiger partial charge in [-0.25, -0.2) is 8.42 Å². The van der Waals surface area contributed by atoms with E-state index in [-0.39, 0.29) is 28.9 Å². The SMILES string of the molecule is O=C(CSc1nnnn1-c1ccc(O)cc1)N(c1ccccc1)[C@@H]1CCS(=O)(=O)C1. The van der Waals surface area contributed by atoms with Crippen LogP contribution in [0.1, 0.15) is 6.42 Å². The average Bonchev–Trinajstić information content (AvgIpc) is 3.34. The van der Waals surface area contributed by atoms with Gasteiger partial charge < -0.3 is 10.0 Å². The molecule has 0 aliphatic carbocycles. The molecule has 0 spiro atoms. The number of rotatable bonds is 6. The quantitative estimate of drug-likeness (QED) is 0.570. The van der Waals surface area contributed by atoms with Gasteiger partial charge in [0.1, 0.15) is 5.75 Å². The summed E-state index contributed by atoms with van der Waals surface area (Å²) < 4.78 is 25.4. The average molecular weight is 446 g/mol. The number of aromatic hydroxyl groups is 1. The van der Waals surface area contributed by atoms with Crippen molar-refractivity contribution in [3.8, 4) is 11.4 Å². The number of benzene rings is 2. The van der Waals surface area contributed by atoms with Crippen molar-refractivity contribution in [1.82, 2.24) is 20.2 Å². The number of phenolic OH excluding ortho intramolecular Hbond substituents is 1. The predicted octanol–water partition coefficient (Wildman–Crippen LogP) is 1.68. The lowest BCUT2D eigenvalue weighted by molar-refractivity contribution is -0.116. The Hall–Kier alpha value is -2.92. The summed E-state index contributed by atoms with van der Waals surface area (Å²) in [5, 5.41) is 21.5. The Morgan fingerprint density at radius 3 is 2.57 bits per heavy atom. The highest BCUT2D eigenvalue weighted by atomic mass is 32.2. The van der Waals surface area contributed by atoms with E-state index in [0.717, 1.165) is 0 Å². The van der Waals surface area contributed by atoms with Gasteiger partial charge in [-0.3, -0.25) is 4.79 Å². The standard InChI is InChI=1S/C19H19N5O4S2/c25-17-8-6-15(7-9-17)24-19(20-21-22-24)29-12-18(26)23(14-4-2-1-3-5-14)16-10-11-30(27,28)13-16/h1-9,16,25H,10-13H2/t16-/m1/s1. The Balaban J connectivity index is 1.53. The zero-order valence-corrected chi connectivity index (χ0v) is 17.5. The van der Waals surface area contributed by atoms with Crippen LogP contribution in [0.5, 0.6) is 5.75 Å². The van der Waals surface area contributed by atoms with Crippen LogP contribution in [0.3, 0.4) is 0 Å². The van der Waals surface area contributed by atoms with E-state index in [2.05, 4.69) is 15.5 Å². The molecule has 2 heterocycles. The fraction of sp³-hybridized carbons (Fsp3) is 0.263. The Morgan fingerprint density at radius 2 is 1.90 bits per heavy atom. The minimum absolute atomic E-state index is 0.0381. The maximum absolute atomic E-state index is 13.1. The van der Waals surface area contributed by atoms with E-state index in [0.29, 0.717) is 23.0 Å². The minimum atomic E-state index is -3.14. The van der Waals surface area contributed by atoms with Crippen LogP contribution in [0.2, 0.25) is 0 Å². The van der Waals surface area contributed by atoms with Crippen molar-refractivity contribution >= 4 is 33.2 Å². The van der Waals surface area contributed by atoms with Crippen LogP contribution >= 0.6 is 11.8 Å². The van der Waals surface area contributed by atoms with Gasteiger partial charge in [-0.05, 0) is 53.2 Å². The van der Waals surface area contributed by atoms with Crippen molar-refractivity contribution in [3.05, 3.63) is 54.6 Å². The third-order valence-corrected chi connectivity index (χ3v) is 7.39. The van der Waals surface area contributed by atoms with E-state index in [1.54, 1.807) is 29.2 Å². The van der Waals surface area contributed by atoms with Crippen molar-refractivity contribution in [1.29, 1.82) is 0 Å². The fourth-order valence-electron chi connectivity index (χ4n) is 3.35. The number of sulfone groups is 1. The number of amides is 1. The van der Waals surface area contributed by atoms with Gasteiger partial charge in [-0.2, -0.15) is 4.68 Å². The van der Waals surface area contributed by atoms with E-state index in [9.17, 15) is 18.3 Å². The number of thioether (sulfide) groups is 1. The molecular weight excluding hydrogens is 426 g/mol. The van der Waals surface area contributed by atoms with Crippen LogP contribution in [0, 0.1) is 0 Å². The number of carbonyl (C=O) groups is 1. The Labute approximate surface area is 177 Å². The lowest BCUT2D eigenvalue weighted by atomic mass is 10.2. The van der Waals surface area contributed by atoms with Crippen LogP contribution in [-0.4, -0.2) is 62.9 Å². The maximum Gasteiger partial charge on any atom is 0.237 e. The molecule has 1 atom stereocenters.